The van der Waals surface area contributed by atoms with Gasteiger partial charge in [-0.15, -0.1) is 10.2 Å². The first kappa shape index (κ1) is 19.2. The number of amides is 1. The lowest BCUT2D eigenvalue weighted by Crippen LogP contribution is -2.27. The van der Waals surface area contributed by atoms with Crippen LogP contribution >= 0.6 is 11.8 Å². The first-order valence-electron chi connectivity index (χ1n) is 9.03. The van der Waals surface area contributed by atoms with Gasteiger partial charge in [-0.3, -0.25) is 4.79 Å². The number of hydrogen-bond donors (Lipinski definition) is 1. The lowest BCUT2D eigenvalue weighted by atomic mass is 10.1. The second-order valence-electron chi connectivity index (χ2n) is 6.21. The van der Waals surface area contributed by atoms with Crippen LogP contribution in [-0.2, 0) is 17.9 Å². The summed E-state index contributed by atoms with van der Waals surface area (Å²) in [6.45, 7) is 6.36. The molecule has 0 fully saturated rings. The molecule has 142 valence electrons. The van der Waals surface area contributed by atoms with Crippen molar-refractivity contribution in [3.8, 4) is 11.4 Å². The molecular weight excluding hydrogens is 360 g/mol. The fourth-order valence-electron chi connectivity index (χ4n) is 2.77. The van der Waals surface area contributed by atoms with Gasteiger partial charge in [0.25, 0.3) is 0 Å². The Balaban J connectivity index is 1.51. The molecule has 8 heteroatoms. The Kier molecular flexibility index (Phi) is 6.64. The number of thioether (sulfide) groups is 1. The molecular formula is C19H24N6OS. The van der Waals surface area contributed by atoms with Crippen LogP contribution in [0.4, 0.5) is 0 Å². The Morgan fingerprint density at radius 2 is 2.19 bits per heavy atom. The quantitative estimate of drug-likeness (QED) is 0.453. The molecule has 0 saturated carbocycles. The highest BCUT2D eigenvalue weighted by atomic mass is 32.2. The predicted octanol–water partition coefficient (Wildman–Crippen LogP) is 2.77. The Labute approximate surface area is 163 Å². The topological polar surface area (TPSA) is 77.6 Å². The first-order chi connectivity index (χ1) is 13.2. The number of aryl methyl sites for hydroxylation is 2. The van der Waals surface area contributed by atoms with Crippen LogP contribution in [0, 0.1) is 6.92 Å². The van der Waals surface area contributed by atoms with Gasteiger partial charge in [0.1, 0.15) is 0 Å². The van der Waals surface area contributed by atoms with Gasteiger partial charge in [-0.1, -0.05) is 35.5 Å². The minimum Gasteiger partial charge on any atom is -0.355 e. The van der Waals surface area contributed by atoms with E-state index in [4.69, 9.17) is 0 Å². The molecule has 0 saturated heterocycles. The van der Waals surface area contributed by atoms with Crippen LogP contribution in [0.1, 0.15) is 18.9 Å². The number of nitrogens with zero attached hydrogens (tertiary/aromatic N) is 5. The van der Waals surface area contributed by atoms with E-state index in [-0.39, 0.29) is 5.91 Å². The van der Waals surface area contributed by atoms with Crippen LogP contribution in [-0.4, -0.2) is 42.5 Å². The molecule has 1 N–H and O–H groups in total. The highest BCUT2D eigenvalue weighted by Crippen LogP contribution is 2.24. The van der Waals surface area contributed by atoms with Gasteiger partial charge in [0.2, 0.25) is 5.91 Å². The van der Waals surface area contributed by atoms with Gasteiger partial charge in [-0.2, -0.15) is 0 Å². The van der Waals surface area contributed by atoms with Crippen molar-refractivity contribution in [1.29, 1.82) is 0 Å². The van der Waals surface area contributed by atoms with E-state index in [1.807, 2.05) is 27.5 Å². The summed E-state index contributed by atoms with van der Waals surface area (Å²) in [5.41, 5.74) is 2.22. The minimum atomic E-state index is 0.00777. The van der Waals surface area contributed by atoms with Crippen LogP contribution in [0.2, 0.25) is 0 Å². The van der Waals surface area contributed by atoms with E-state index < -0.39 is 0 Å². The number of imidazole rings is 1. The molecule has 0 unspecified atom stereocenters. The van der Waals surface area contributed by atoms with E-state index in [2.05, 4.69) is 46.5 Å². The average molecular weight is 385 g/mol. The van der Waals surface area contributed by atoms with E-state index in [1.165, 1.54) is 17.3 Å². The molecule has 3 aromatic rings. The number of carbonyl (C=O) groups is 1. The molecule has 0 bridgehead atoms. The number of aromatic nitrogens is 5. The number of benzene rings is 1. The van der Waals surface area contributed by atoms with Crippen LogP contribution in [0.15, 0.2) is 48.1 Å². The van der Waals surface area contributed by atoms with Gasteiger partial charge in [0.15, 0.2) is 11.0 Å². The highest BCUT2D eigenvalue weighted by Gasteiger charge is 2.14. The van der Waals surface area contributed by atoms with Crippen LogP contribution < -0.4 is 5.32 Å². The Bertz CT molecular complexity index is 874. The predicted molar refractivity (Wildman–Crippen MR) is 106 cm³/mol. The van der Waals surface area contributed by atoms with Crippen LogP contribution in [0.25, 0.3) is 11.4 Å². The van der Waals surface area contributed by atoms with E-state index >= 15 is 0 Å². The summed E-state index contributed by atoms with van der Waals surface area (Å²) in [6, 6.07) is 8.20. The SMILES string of the molecule is CCn1c(SCC(=O)NCCCn2ccnc2)nnc1-c1cccc(C)c1. The monoisotopic (exact) mass is 384 g/mol. The standard InChI is InChI=1S/C19H24N6OS/c1-3-25-18(16-7-4-6-15(2)12-16)22-23-19(25)27-13-17(26)21-8-5-10-24-11-9-20-14-24/h4,6-7,9,11-12,14H,3,5,8,10,13H2,1-2H3,(H,21,26). The van der Waals surface area contributed by atoms with Gasteiger partial charge in [-0.25, -0.2) is 4.98 Å². The molecule has 1 amide bonds. The summed E-state index contributed by atoms with van der Waals surface area (Å²) in [4.78, 5) is 16.1. The average Bonchev–Trinajstić information content (AvgIpc) is 3.32. The van der Waals surface area contributed by atoms with E-state index in [1.54, 1.807) is 12.5 Å². The molecule has 2 aromatic heterocycles. The molecule has 0 radical (unpaired) electrons. The summed E-state index contributed by atoms with van der Waals surface area (Å²) in [6.07, 6.45) is 6.32. The maximum absolute atomic E-state index is 12.1. The highest BCUT2D eigenvalue weighted by molar-refractivity contribution is 7.99. The van der Waals surface area contributed by atoms with Crippen molar-refractivity contribution in [2.75, 3.05) is 12.3 Å². The first-order valence-corrected chi connectivity index (χ1v) is 10.0. The van der Waals surface area contributed by atoms with Crippen molar-refractivity contribution in [1.82, 2.24) is 29.6 Å². The summed E-state index contributed by atoms with van der Waals surface area (Å²) < 4.78 is 4.04. The second kappa shape index (κ2) is 9.36. The second-order valence-corrected chi connectivity index (χ2v) is 7.16. The van der Waals surface area contributed by atoms with Gasteiger partial charge < -0.3 is 14.5 Å². The number of nitrogens with one attached hydrogen (secondary N) is 1. The van der Waals surface area contributed by atoms with Crippen molar-refractivity contribution in [3.63, 3.8) is 0 Å². The molecule has 0 aliphatic heterocycles. The molecule has 0 aliphatic rings. The third-order valence-electron chi connectivity index (χ3n) is 4.12. The fourth-order valence-corrected chi connectivity index (χ4v) is 3.60. The lowest BCUT2D eigenvalue weighted by molar-refractivity contribution is -0.118. The zero-order valence-electron chi connectivity index (χ0n) is 15.6. The van der Waals surface area contributed by atoms with Crippen molar-refractivity contribution in [2.24, 2.45) is 0 Å². The van der Waals surface area contributed by atoms with Gasteiger partial charge in [0, 0.05) is 37.6 Å². The molecule has 3 rings (SSSR count). The van der Waals surface area contributed by atoms with E-state index in [9.17, 15) is 4.79 Å². The van der Waals surface area contributed by atoms with Crippen molar-refractivity contribution < 1.29 is 4.79 Å². The van der Waals surface area contributed by atoms with Crippen molar-refractivity contribution in [2.45, 2.75) is 38.5 Å². The smallest absolute Gasteiger partial charge is 0.230 e. The van der Waals surface area contributed by atoms with E-state index in [0.29, 0.717) is 12.3 Å². The minimum absolute atomic E-state index is 0.00777. The Morgan fingerprint density at radius 1 is 1.30 bits per heavy atom. The largest absolute Gasteiger partial charge is 0.355 e. The summed E-state index contributed by atoms with van der Waals surface area (Å²) in [5, 5.41) is 12.3. The third-order valence-corrected chi connectivity index (χ3v) is 5.08. The lowest BCUT2D eigenvalue weighted by Gasteiger charge is -2.08. The number of carbonyl (C=O) groups excluding carboxylic acids is 1. The van der Waals surface area contributed by atoms with Crippen molar-refractivity contribution in [3.05, 3.63) is 48.5 Å². The molecule has 27 heavy (non-hydrogen) atoms. The zero-order valence-corrected chi connectivity index (χ0v) is 16.4. The summed E-state index contributed by atoms with van der Waals surface area (Å²) in [5.74, 6) is 1.18. The number of rotatable bonds is 9. The fraction of sp³-hybridized carbons (Fsp3) is 0.368. The van der Waals surface area contributed by atoms with Crippen LogP contribution in [0.5, 0.6) is 0 Å². The third kappa shape index (κ3) is 5.19. The van der Waals surface area contributed by atoms with Gasteiger partial charge >= 0.3 is 0 Å². The van der Waals surface area contributed by atoms with Crippen molar-refractivity contribution >= 4 is 17.7 Å². The van der Waals surface area contributed by atoms with Crippen LogP contribution in [0.3, 0.4) is 0 Å². The van der Waals surface area contributed by atoms with Gasteiger partial charge in [-0.05, 0) is 26.3 Å². The summed E-state index contributed by atoms with van der Waals surface area (Å²) >= 11 is 1.42. The number of hydrogen-bond acceptors (Lipinski definition) is 5. The zero-order chi connectivity index (χ0) is 19.1. The molecule has 7 nitrogen and oxygen atoms in total. The van der Waals surface area contributed by atoms with E-state index in [0.717, 1.165) is 36.1 Å². The molecule has 2 heterocycles. The summed E-state index contributed by atoms with van der Waals surface area (Å²) in [7, 11) is 0. The normalized spacial score (nSPS) is 10.9. The molecule has 0 spiro atoms. The molecule has 0 atom stereocenters. The maximum Gasteiger partial charge on any atom is 0.230 e. The molecule has 0 aliphatic carbocycles. The Hall–Kier alpha value is -2.61. The van der Waals surface area contributed by atoms with Gasteiger partial charge in [0.05, 0.1) is 12.1 Å². The molecule has 1 aromatic carbocycles. The maximum atomic E-state index is 12.1. The Morgan fingerprint density at radius 3 is 2.93 bits per heavy atom.